The number of aryl methyl sites for hydroxylation is 2. The number of ether oxygens (including phenoxy) is 1. The lowest BCUT2D eigenvalue weighted by atomic mass is 9.88. The van der Waals surface area contributed by atoms with E-state index in [0.29, 0.717) is 12.5 Å². The molecule has 0 unspecified atom stereocenters. The van der Waals surface area contributed by atoms with E-state index in [1.165, 1.54) is 43.2 Å². The molecular formula is C26H35N3O3. The van der Waals surface area contributed by atoms with E-state index in [2.05, 4.69) is 31.0 Å². The van der Waals surface area contributed by atoms with Crippen molar-refractivity contribution in [1.82, 2.24) is 9.97 Å². The molecule has 32 heavy (non-hydrogen) atoms. The van der Waals surface area contributed by atoms with E-state index in [1.807, 2.05) is 12.1 Å². The Labute approximate surface area is 191 Å². The Morgan fingerprint density at radius 2 is 1.97 bits per heavy atom. The van der Waals surface area contributed by atoms with Gasteiger partial charge in [-0.3, -0.25) is 4.79 Å². The van der Waals surface area contributed by atoms with Gasteiger partial charge >= 0.3 is 5.97 Å². The largest absolute Gasteiger partial charge is 0.494 e. The van der Waals surface area contributed by atoms with Crippen molar-refractivity contribution < 1.29 is 14.6 Å². The Hall–Kier alpha value is -2.63. The van der Waals surface area contributed by atoms with Crippen LogP contribution in [0.3, 0.4) is 0 Å². The smallest absolute Gasteiger partial charge is 0.303 e. The third kappa shape index (κ3) is 5.59. The van der Waals surface area contributed by atoms with E-state index < -0.39 is 5.97 Å². The van der Waals surface area contributed by atoms with Gasteiger partial charge in [0.25, 0.3) is 0 Å². The fourth-order valence-electron chi connectivity index (χ4n) is 5.11. The lowest BCUT2D eigenvalue weighted by Gasteiger charge is -2.23. The minimum absolute atomic E-state index is 0.139. The van der Waals surface area contributed by atoms with Gasteiger partial charge in [0.15, 0.2) is 0 Å². The van der Waals surface area contributed by atoms with Crippen molar-refractivity contribution in [2.24, 2.45) is 0 Å². The lowest BCUT2D eigenvalue weighted by Crippen LogP contribution is -2.23. The third-order valence-corrected chi connectivity index (χ3v) is 6.86. The van der Waals surface area contributed by atoms with E-state index in [4.69, 9.17) is 19.8 Å². The van der Waals surface area contributed by atoms with Gasteiger partial charge in [-0.05, 0) is 68.2 Å². The summed E-state index contributed by atoms with van der Waals surface area (Å²) in [5.74, 6) is 2.81. The molecule has 4 rings (SSSR count). The van der Waals surface area contributed by atoms with Gasteiger partial charge in [0, 0.05) is 31.3 Å². The molecule has 1 N–H and O–H groups in total. The average molecular weight is 438 g/mol. The Morgan fingerprint density at radius 3 is 2.75 bits per heavy atom. The van der Waals surface area contributed by atoms with Crippen LogP contribution in [0.1, 0.15) is 85.8 Å². The second-order valence-electron chi connectivity index (χ2n) is 9.38. The molecule has 1 heterocycles. The van der Waals surface area contributed by atoms with Gasteiger partial charge in [0.05, 0.1) is 13.0 Å². The van der Waals surface area contributed by atoms with E-state index in [1.54, 1.807) is 0 Å². The quantitative estimate of drug-likeness (QED) is 0.541. The molecular weight excluding hydrogens is 402 g/mol. The Balaban J connectivity index is 1.28. The highest BCUT2D eigenvalue weighted by atomic mass is 16.5. The van der Waals surface area contributed by atoms with Crippen molar-refractivity contribution in [3.8, 4) is 5.75 Å². The molecule has 2 aliphatic rings. The van der Waals surface area contributed by atoms with Crippen LogP contribution < -0.4 is 9.64 Å². The van der Waals surface area contributed by atoms with Crippen molar-refractivity contribution in [2.45, 2.75) is 76.5 Å². The summed E-state index contributed by atoms with van der Waals surface area (Å²) in [6.45, 7) is 3.57. The van der Waals surface area contributed by atoms with Crippen LogP contribution >= 0.6 is 0 Å². The van der Waals surface area contributed by atoms with Gasteiger partial charge < -0.3 is 14.7 Å². The molecule has 0 saturated heterocycles. The molecule has 0 spiro atoms. The standard InChI is InChI=1S/C26H35N3O3/c1-18-15-24(28-26(27-18)19-7-4-3-5-8-19)29(2)13-6-14-32-22-11-12-23-20(16-22)9-10-21(23)17-25(30)31/h11-12,15-16,19,21H,3-10,13-14,17H2,1-2H3,(H,30,31)/t21-/m0/s1. The SMILES string of the molecule is Cc1cc(N(C)CCCOc2ccc3c(c2)CC[C@H]3CC(=O)O)nc(C2CCCCC2)n1. The Morgan fingerprint density at radius 1 is 1.16 bits per heavy atom. The number of hydrogen-bond acceptors (Lipinski definition) is 5. The number of nitrogens with zero attached hydrogens (tertiary/aromatic N) is 3. The predicted octanol–water partition coefficient (Wildman–Crippen LogP) is 5.24. The van der Waals surface area contributed by atoms with Crippen LogP contribution in [-0.2, 0) is 11.2 Å². The van der Waals surface area contributed by atoms with Crippen LogP contribution in [0.25, 0.3) is 0 Å². The molecule has 1 aromatic carbocycles. The number of aliphatic carboxylic acids is 1. The maximum Gasteiger partial charge on any atom is 0.303 e. The third-order valence-electron chi connectivity index (χ3n) is 6.86. The summed E-state index contributed by atoms with van der Waals surface area (Å²) in [5.41, 5.74) is 3.45. The number of anilines is 1. The van der Waals surface area contributed by atoms with Gasteiger partial charge in [0.1, 0.15) is 17.4 Å². The van der Waals surface area contributed by atoms with E-state index >= 15 is 0 Å². The zero-order valence-electron chi connectivity index (χ0n) is 19.3. The summed E-state index contributed by atoms with van der Waals surface area (Å²) >= 11 is 0. The van der Waals surface area contributed by atoms with Crippen LogP contribution in [0.5, 0.6) is 5.75 Å². The zero-order valence-corrected chi connectivity index (χ0v) is 19.3. The fraction of sp³-hybridized carbons (Fsp3) is 0.577. The predicted molar refractivity (Wildman–Crippen MR) is 126 cm³/mol. The second kappa shape index (κ2) is 10.3. The first kappa shape index (κ1) is 22.6. The highest BCUT2D eigenvalue weighted by Crippen LogP contribution is 2.37. The van der Waals surface area contributed by atoms with E-state index in [-0.39, 0.29) is 12.3 Å². The summed E-state index contributed by atoms with van der Waals surface area (Å²) < 4.78 is 6.00. The van der Waals surface area contributed by atoms with Crippen molar-refractivity contribution in [3.63, 3.8) is 0 Å². The van der Waals surface area contributed by atoms with Crippen molar-refractivity contribution in [2.75, 3.05) is 25.1 Å². The van der Waals surface area contributed by atoms with Crippen LogP contribution in [-0.4, -0.2) is 41.2 Å². The summed E-state index contributed by atoms with van der Waals surface area (Å²) in [7, 11) is 2.09. The van der Waals surface area contributed by atoms with Crippen LogP contribution in [0.4, 0.5) is 5.82 Å². The molecule has 1 fully saturated rings. The average Bonchev–Trinajstić information content (AvgIpc) is 3.18. The van der Waals surface area contributed by atoms with Crippen molar-refractivity contribution in [3.05, 3.63) is 46.9 Å². The first-order chi connectivity index (χ1) is 15.5. The van der Waals surface area contributed by atoms with Gasteiger partial charge in [-0.15, -0.1) is 0 Å². The van der Waals surface area contributed by atoms with E-state index in [0.717, 1.165) is 48.9 Å². The van der Waals surface area contributed by atoms with Crippen LogP contribution in [0, 0.1) is 6.92 Å². The molecule has 1 saturated carbocycles. The molecule has 2 aliphatic carbocycles. The van der Waals surface area contributed by atoms with E-state index in [9.17, 15) is 4.79 Å². The molecule has 0 amide bonds. The van der Waals surface area contributed by atoms with Crippen molar-refractivity contribution >= 4 is 11.8 Å². The minimum Gasteiger partial charge on any atom is -0.494 e. The second-order valence-corrected chi connectivity index (χ2v) is 9.38. The molecule has 2 aromatic rings. The van der Waals surface area contributed by atoms with Gasteiger partial charge in [0.2, 0.25) is 0 Å². The molecule has 1 atom stereocenters. The maximum atomic E-state index is 11.0. The lowest BCUT2D eigenvalue weighted by molar-refractivity contribution is -0.137. The van der Waals surface area contributed by atoms with Crippen LogP contribution in [0.15, 0.2) is 24.3 Å². The highest BCUT2D eigenvalue weighted by Gasteiger charge is 2.25. The number of aromatic nitrogens is 2. The number of carbonyl (C=O) groups is 1. The number of carboxylic acids is 1. The summed E-state index contributed by atoms with van der Waals surface area (Å²) in [4.78, 5) is 22.9. The first-order valence-corrected chi connectivity index (χ1v) is 12.0. The number of benzene rings is 1. The zero-order chi connectivity index (χ0) is 22.5. The van der Waals surface area contributed by atoms with Gasteiger partial charge in [-0.1, -0.05) is 25.3 Å². The van der Waals surface area contributed by atoms with Crippen LogP contribution in [0.2, 0.25) is 0 Å². The summed E-state index contributed by atoms with van der Waals surface area (Å²) in [5, 5.41) is 9.08. The fourth-order valence-corrected chi connectivity index (χ4v) is 5.11. The summed E-state index contributed by atoms with van der Waals surface area (Å²) in [6.07, 6.45) is 9.28. The normalized spacial score (nSPS) is 18.4. The first-order valence-electron chi connectivity index (χ1n) is 12.0. The summed E-state index contributed by atoms with van der Waals surface area (Å²) in [6, 6.07) is 8.19. The molecule has 172 valence electrons. The number of carboxylic acid groups (broad SMARTS) is 1. The highest BCUT2D eigenvalue weighted by molar-refractivity contribution is 5.68. The molecule has 1 aromatic heterocycles. The molecule has 6 nitrogen and oxygen atoms in total. The number of hydrogen-bond donors (Lipinski definition) is 1. The Bertz CT molecular complexity index is 940. The van der Waals surface area contributed by atoms with Crippen molar-refractivity contribution in [1.29, 1.82) is 0 Å². The monoisotopic (exact) mass is 437 g/mol. The molecule has 0 bridgehead atoms. The number of rotatable bonds is 9. The number of fused-ring (bicyclic) bond motifs is 1. The minimum atomic E-state index is -0.725. The van der Waals surface area contributed by atoms with Gasteiger partial charge in [-0.25, -0.2) is 9.97 Å². The maximum absolute atomic E-state index is 11.0. The molecule has 0 aliphatic heterocycles. The Kier molecular flexibility index (Phi) is 7.28. The topological polar surface area (TPSA) is 75.5 Å². The molecule has 6 heteroatoms. The van der Waals surface area contributed by atoms with Gasteiger partial charge in [-0.2, -0.15) is 0 Å². The molecule has 0 radical (unpaired) electrons.